The SMILES string of the molecule is Nc1n[nH]c(N)c1N=Nc1ccc(CN2CCCCC2)cc1. The number of rotatable bonds is 4. The Morgan fingerprint density at radius 2 is 1.77 bits per heavy atom. The topological polar surface area (TPSA) is 109 Å². The van der Waals surface area contributed by atoms with Crippen LogP contribution in [0.4, 0.5) is 23.0 Å². The molecule has 1 aliphatic rings. The molecule has 0 amide bonds. The van der Waals surface area contributed by atoms with E-state index in [0.717, 1.165) is 12.2 Å². The molecule has 1 aromatic heterocycles. The summed E-state index contributed by atoms with van der Waals surface area (Å²) in [6.45, 7) is 3.39. The molecular formula is C15H21N7. The zero-order valence-corrected chi connectivity index (χ0v) is 12.5. The summed E-state index contributed by atoms with van der Waals surface area (Å²) >= 11 is 0. The van der Waals surface area contributed by atoms with E-state index >= 15 is 0 Å². The number of nitrogens with zero attached hydrogens (tertiary/aromatic N) is 4. The van der Waals surface area contributed by atoms with Gasteiger partial charge < -0.3 is 11.5 Å². The van der Waals surface area contributed by atoms with Crippen molar-refractivity contribution < 1.29 is 0 Å². The Balaban J connectivity index is 1.64. The van der Waals surface area contributed by atoms with Crippen LogP contribution >= 0.6 is 0 Å². The highest BCUT2D eigenvalue weighted by molar-refractivity contribution is 5.70. The van der Waals surface area contributed by atoms with Gasteiger partial charge in [-0.1, -0.05) is 18.6 Å². The van der Waals surface area contributed by atoms with E-state index in [1.54, 1.807) is 0 Å². The van der Waals surface area contributed by atoms with Crippen molar-refractivity contribution in [2.45, 2.75) is 25.8 Å². The number of likely N-dealkylation sites (tertiary alicyclic amines) is 1. The van der Waals surface area contributed by atoms with Crippen LogP contribution in [0.1, 0.15) is 24.8 Å². The van der Waals surface area contributed by atoms with E-state index in [4.69, 9.17) is 11.5 Å². The highest BCUT2D eigenvalue weighted by atomic mass is 15.2. The summed E-state index contributed by atoms with van der Waals surface area (Å²) in [6.07, 6.45) is 3.97. The molecule has 7 heteroatoms. The van der Waals surface area contributed by atoms with Crippen molar-refractivity contribution in [3.05, 3.63) is 29.8 Å². The zero-order valence-electron chi connectivity index (χ0n) is 12.5. The van der Waals surface area contributed by atoms with E-state index < -0.39 is 0 Å². The van der Waals surface area contributed by atoms with E-state index in [0.29, 0.717) is 11.5 Å². The Labute approximate surface area is 129 Å². The first kappa shape index (κ1) is 14.5. The summed E-state index contributed by atoms with van der Waals surface area (Å²) < 4.78 is 0. The molecule has 22 heavy (non-hydrogen) atoms. The van der Waals surface area contributed by atoms with Crippen LogP contribution in [0.15, 0.2) is 34.5 Å². The van der Waals surface area contributed by atoms with Gasteiger partial charge in [0.15, 0.2) is 11.5 Å². The van der Waals surface area contributed by atoms with Crippen LogP contribution in [0.5, 0.6) is 0 Å². The van der Waals surface area contributed by atoms with Crippen molar-refractivity contribution in [3.8, 4) is 0 Å². The molecule has 0 aliphatic carbocycles. The van der Waals surface area contributed by atoms with Crippen LogP contribution in [0.3, 0.4) is 0 Å². The molecule has 1 aliphatic heterocycles. The van der Waals surface area contributed by atoms with Gasteiger partial charge in [-0.05, 0) is 43.6 Å². The second kappa shape index (κ2) is 6.57. The van der Waals surface area contributed by atoms with Gasteiger partial charge in [0.05, 0.1) is 5.69 Å². The number of azo groups is 1. The monoisotopic (exact) mass is 299 g/mol. The van der Waals surface area contributed by atoms with Gasteiger partial charge in [-0.3, -0.25) is 10.00 Å². The third-order valence-electron chi connectivity index (χ3n) is 3.85. The maximum atomic E-state index is 5.68. The molecule has 0 atom stereocenters. The predicted molar refractivity (Wildman–Crippen MR) is 87.2 cm³/mol. The molecule has 5 N–H and O–H groups in total. The second-order valence-electron chi connectivity index (χ2n) is 5.57. The summed E-state index contributed by atoms with van der Waals surface area (Å²) in [7, 11) is 0. The molecule has 116 valence electrons. The highest BCUT2D eigenvalue weighted by Crippen LogP contribution is 2.28. The number of anilines is 2. The highest BCUT2D eigenvalue weighted by Gasteiger charge is 2.10. The first-order valence-corrected chi connectivity index (χ1v) is 7.55. The van der Waals surface area contributed by atoms with Crippen LogP contribution < -0.4 is 11.5 Å². The number of nitrogens with two attached hydrogens (primary N) is 2. The average Bonchev–Trinajstić information content (AvgIpc) is 2.86. The van der Waals surface area contributed by atoms with Gasteiger partial charge in [0.25, 0.3) is 0 Å². The fraction of sp³-hybridized carbons (Fsp3) is 0.400. The fourth-order valence-electron chi connectivity index (χ4n) is 2.62. The number of H-pyrrole nitrogens is 1. The molecule has 0 bridgehead atoms. The lowest BCUT2D eigenvalue weighted by Gasteiger charge is -2.26. The summed E-state index contributed by atoms with van der Waals surface area (Å²) in [4.78, 5) is 2.49. The van der Waals surface area contributed by atoms with Crippen molar-refractivity contribution in [2.75, 3.05) is 24.6 Å². The zero-order chi connectivity index (χ0) is 15.4. The Hall–Kier alpha value is -2.41. The normalized spacial score (nSPS) is 16.4. The number of nitrogens with one attached hydrogen (secondary N) is 1. The minimum atomic E-state index is 0.253. The minimum Gasteiger partial charge on any atom is -0.382 e. The molecule has 0 saturated carbocycles. The van der Waals surface area contributed by atoms with Crippen molar-refractivity contribution in [3.63, 3.8) is 0 Å². The Kier molecular flexibility index (Phi) is 4.34. The predicted octanol–water partition coefficient (Wildman–Crippen LogP) is 2.98. The second-order valence-corrected chi connectivity index (χ2v) is 5.57. The number of hydrogen-bond acceptors (Lipinski definition) is 6. The molecule has 2 heterocycles. The lowest BCUT2D eigenvalue weighted by molar-refractivity contribution is 0.221. The van der Waals surface area contributed by atoms with Gasteiger partial charge in [0, 0.05) is 6.54 Å². The average molecular weight is 299 g/mol. The van der Waals surface area contributed by atoms with E-state index in [2.05, 4.69) is 37.5 Å². The third-order valence-corrected chi connectivity index (χ3v) is 3.85. The molecule has 1 fully saturated rings. The number of nitrogen functional groups attached to an aromatic ring is 2. The molecule has 2 aromatic rings. The summed E-state index contributed by atoms with van der Waals surface area (Å²) in [5, 5.41) is 14.5. The number of hydrogen-bond donors (Lipinski definition) is 3. The molecule has 3 rings (SSSR count). The van der Waals surface area contributed by atoms with Crippen molar-refractivity contribution in [1.82, 2.24) is 15.1 Å². The van der Waals surface area contributed by atoms with Gasteiger partial charge in [0.2, 0.25) is 0 Å². The molecule has 1 saturated heterocycles. The van der Waals surface area contributed by atoms with Crippen LogP contribution in [-0.4, -0.2) is 28.2 Å². The molecule has 1 aromatic carbocycles. The van der Waals surface area contributed by atoms with Gasteiger partial charge in [-0.15, -0.1) is 5.11 Å². The minimum absolute atomic E-state index is 0.253. The molecule has 0 radical (unpaired) electrons. The maximum Gasteiger partial charge on any atom is 0.175 e. The molecule has 0 spiro atoms. The first-order chi connectivity index (χ1) is 10.7. The molecular weight excluding hydrogens is 278 g/mol. The van der Waals surface area contributed by atoms with Gasteiger partial charge in [0.1, 0.15) is 5.82 Å². The first-order valence-electron chi connectivity index (χ1n) is 7.55. The standard InChI is InChI=1S/C15H21N7/c16-14-13(15(17)21-20-14)19-18-12-6-4-11(5-7-12)10-22-8-2-1-3-9-22/h4-7H,1-3,8-10H2,(H5,16,17,20,21). The Morgan fingerprint density at radius 3 is 2.41 bits per heavy atom. The van der Waals surface area contributed by atoms with E-state index in [1.807, 2.05) is 12.1 Å². The number of aromatic nitrogens is 2. The van der Waals surface area contributed by atoms with E-state index in [1.165, 1.54) is 37.9 Å². The lowest BCUT2D eigenvalue weighted by Crippen LogP contribution is -2.28. The van der Waals surface area contributed by atoms with Gasteiger partial charge in [-0.25, -0.2) is 0 Å². The van der Waals surface area contributed by atoms with Crippen LogP contribution in [0, 0.1) is 0 Å². The van der Waals surface area contributed by atoms with E-state index in [9.17, 15) is 0 Å². The number of piperidine rings is 1. The summed E-state index contributed by atoms with van der Waals surface area (Å²) in [5.41, 5.74) is 13.8. The van der Waals surface area contributed by atoms with Crippen LogP contribution in [0.25, 0.3) is 0 Å². The number of aromatic amines is 1. The quantitative estimate of drug-likeness (QED) is 0.754. The fourth-order valence-corrected chi connectivity index (χ4v) is 2.62. The molecule has 7 nitrogen and oxygen atoms in total. The van der Waals surface area contributed by atoms with Gasteiger partial charge >= 0.3 is 0 Å². The number of benzene rings is 1. The summed E-state index contributed by atoms with van der Waals surface area (Å²) in [5.74, 6) is 0.575. The van der Waals surface area contributed by atoms with Crippen molar-refractivity contribution in [2.24, 2.45) is 10.2 Å². The third kappa shape index (κ3) is 3.43. The molecule has 0 unspecified atom stereocenters. The summed E-state index contributed by atoms with van der Waals surface area (Å²) in [6, 6.07) is 8.08. The Bertz CT molecular complexity index is 619. The maximum absolute atomic E-state index is 5.68. The van der Waals surface area contributed by atoms with E-state index in [-0.39, 0.29) is 5.82 Å². The Morgan fingerprint density at radius 1 is 1.05 bits per heavy atom. The lowest BCUT2D eigenvalue weighted by atomic mass is 10.1. The largest absolute Gasteiger partial charge is 0.382 e. The van der Waals surface area contributed by atoms with Crippen molar-refractivity contribution in [1.29, 1.82) is 0 Å². The smallest absolute Gasteiger partial charge is 0.175 e. The van der Waals surface area contributed by atoms with Crippen LogP contribution in [0.2, 0.25) is 0 Å². The van der Waals surface area contributed by atoms with Crippen molar-refractivity contribution >= 4 is 23.0 Å². The van der Waals surface area contributed by atoms with Crippen LogP contribution in [-0.2, 0) is 6.54 Å². The van der Waals surface area contributed by atoms with Gasteiger partial charge in [-0.2, -0.15) is 10.2 Å².